The third-order valence-corrected chi connectivity index (χ3v) is 10.5. The standard InChI is InChI=1S/C33H54BrN7O8/c1-16(2)9-23-30(45)39-15-19(7)10-22(39)28(43)37-26(17(3)4)33(48)49-27(18(5)6)32(47)41-24(11-20(34)13-35-41)31(46)40-25(29(44)38(23)8)12-21(42)14-36-40/h16-27,35-36,42H,9-15H2,1-8H3,(H,37,43)/t19?,20?,21-,22-,23+,24+,25-,26+,27-/m0/s1. The first kappa shape index (κ1) is 39.0. The number of carbonyl (C=O) groups excluding carboxylic acids is 6. The van der Waals surface area contributed by atoms with Gasteiger partial charge in [0.25, 0.3) is 11.8 Å². The summed E-state index contributed by atoms with van der Waals surface area (Å²) in [4.78, 5) is 87.6. The summed E-state index contributed by atoms with van der Waals surface area (Å²) in [5, 5.41) is 15.8. The quantitative estimate of drug-likeness (QED) is 0.228. The molecule has 0 bridgehead atoms. The number of aliphatic hydroxyl groups is 1. The average Bonchev–Trinajstić information content (AvgIpc) is 3.43. The number of likely N-dealkylation sites (N-methyl/N-ethyl adjacent to an activating group) is 1. The van der Waals surface area contributed by atoms with Crippen molar-refractivity contribution >= 4 is 51.4 Å². The molecule has 276 valence electrons. The number of esters is 1. The first-order chi connectivity index (χ1) is 22.9. The molecule has 4 saturated heterocycles. The van der Waals surface area contributed by atoms with Crippen LogP contribution in [0.1, 0.15) is 74.1 Å². The Kier molecular flexibility index (Phi) is 12.7. The molecule has 4 aliphatic heterocycles. The highest BCUT2D eigenvalue weighted by Crippen LogP contribution is 2.29. The number of halogens is 1. The molecule has 0 aromatic rings. The van der Waals surface area contributed by atoms with Crippen LogP contribution < -0.4 is 16.2 Å². The van der Waals surface area contributed by atoms with Gasteiger partial charge in [-0.3, -0.25) is 34.0 Å². The van der Waals surface area contributed by atoms with Gasteiger partial charge in [-0.2, -0.15) is 0 Å². The number of cyclic esters (lactones) is 1. The molecular weight excluding hydrogens is 702 g/mol. The van der Waals surface area contributed by atoms with Crippen LogP contribution in [-0.2, 0) is 33.5 Å². The third kappa shape index (κ3) is 8.56. The second-order valence-corrected chi connectivity index (χ2v) is 16.5. The molecule has 4 rings (SSSR count). The number of fused-ring (bicyclic) bond motifs is 3. The van der Waals surface area contributed by atoms with Crippen LogP contribution in [0.2, 0.25) is 0 Å². The summed E-state index contributed by atoms with van der Waals surface area (Å²) >= 11 is 3.55. The number of aliphatic hydroxyl groups excluding tert-OH is 1. The minimum atomic E-state index is -1.31. The van der Waals surface area contributed by atoms with Gasteiger partial charge < -0.3 is 25.0 Å². The van der Waals surface area contributed by atoms with Gasteiger partial charge in [0.05, 0.1) is 6.10 Å². The van der Waals surface area contributed by atoms with Gasteiger partial charge in [-0.25, -0.2) is 15.6 Å². The van der Waals surface area contributed by atoms with E-state index in [1.807, 2.05) is 20.8 Å². The summed E-state index contributed by atoms with van der Waals surface area (Å²) in [6, 6.07) is -5.30. The van der Waals surface area contributed by atoms with E-state index in [9.17, 15) is 33.9 Å². The molecule has 4 N–H and O–H groups in total. The van der Waals surface area contributed by atoms with E-state index in [4.69, 9.17) is 4.74 Å². The zero-order valence-corrected chi connectivity index (χ0v) is 31.4. The summed E-state index contributed by atoms with van der Waals surface area (Å²) in [7, 11) is 1.51. The van der Waals surface area contributed by atoms with E-state index >= 15 is 0 Å². The first-order valence-electron chi connectivity index (χ1n) is 17.5. The second kappa shape index (κ2) is 16.0. The van der Waals surface area contributed by atoms with Crippen LogP contribution in [0.3, 0.4) is 0 Å². The first-order valence-corrected chi connectivity index (χ1v) is 18.4. The van der Waals surface area contributed by atoms with E-state index in [-0.39, 0.29) is 49.0 Å². The van der Waals surface area contributed by atoms with E-state index in [1.54, 1.807) is 27.7 Å². The molecule has 0 aliphatic carbocycles. The fraction of sp³-hybridized carbons (Fsp3) is 0.818. The Bertz CT molecular complexity index is 1280. The van der Waals surface area contributed by atoms with Gasteiger partial charge in [-0.15, -0.1) is 0 Å². The highest BCUT2D eigenvalue weighted by atomic mass is 79.9. The Labute approximate surface area is 297 Å². The maximum absolute atomic E-state index is 14.4. The highest BCUT2D eigenvalue weighted by molar-refractivity contribution is 9.09. The smallest absolute Gasteiger partial charge is 0.329 e. The maximum atomic E-state index is 14.4. The molecule has 0 saturated carbocycles. The van der Waals surface area contributed by atoms with E-state index in [1.165, 1.54) is 26.9 Å². The Morgan fingerprint density at radius 3 is 2.04 bits per heavy atom. The number of alkyl halides is 1. The van der Waals surface area contributed by atoms with E-state index < -0.39 is 89.8 Å². The van der Waals surface area contributed by atoms with Gasteiger partial charge in [-0.05, 0) is 42.9 Å². The number of carbonyl (C=O) groups is 6. The van der Waals surface area contributed by atoms with Crippen molar-refractivity contribution in [1.29, 1.82) is 0 Å². The monoisotopic (exact) mass is 755 g/mol. The van der Waals surface area contributed by atoms with Gasteiger partial charge in [0.1, 0.15) is 30.2 Å². The van der Waals surface area contributed by atoms with Gasteiger partial charge in [0.15, 0.2) is 6.10 Å². The lowest BCUT2D eigenvalue weighted by molar-refractivity contribution is -0.175. The van der Waals surface area contributed by atoms with E-state index in [2.05, 4.69) is 32.1 Å². The van der Waals surface area contributed by atoms with Crippen LogP contribution >= 0.6 is 15.9 Å². The molecule has 0 spiro atoms. The van der Waals surface area contributed by atoms with Crippen molar-refractivity contribution in [3.63, 3.8) is 0 Å². The van der Waals surface area contributed by atoms with Crippen LogP contribution in [0.4, 0.5) is 0 Å². The molecule has 9 atom stereocenters. The van der Waals surface area contributed by atoms with Crippen molar-refractivity contribution in [2.75, 3.05) is 26.7 Å². The molecule has 4 fully saturated rings. The third-order valence-electron chi connectivity index (χ3n) is 9.82. The van der Waals surface area contributed by atoms with E-state index in [0.717, 1.165) is 0 Å². The summed E-state index contributed by atoms with van der Waals surface area (Å²) in [5.74, 6) is -4.48. The summed E-state index contributed by atoms with van der Waals surface area (Å²) < 4.78 is 5.86. The zero-order valence-electron chi connectivity index (χ0n) is 29.8. The summed E-state index contributed by atoms with van der Waals surface area (Å²) in [5.41, 5.74) is 5.91. The molecule has 15 nitrogen and oxygen atoms in total. The number of rotatable bonds is 4. The number of amides is 5. The van der Waals surface area contributed by atoms with Crippen molar-refractivity contribution in [3.05, 3.63) is 0 Å². The Hall–Kier alpha value is -2.82. The topological polar surface area (TPSA) is 181 Å². The average molecular weight is 757 g/mol. The fourth-order valence-electron chi connectivity index (χ4n) is 7.09. The summed E-state index contributed by atoms with van der Waals surface area (Å²) in [6.07, 6.45) is -1.53. The molecule has 4 heterocycles. The zero-order chi connectivity index (χ0) is 36.5. The number of ether oxygens (including phenoxy) is 1. The van der Waals surface area contributed by atoms with Crippen LogP contribution in [-0.4, -0.2) is 134 Å². The van der Waals surface area contributed by atoms with Gasteiger partial charge in [0, 0.05) is 37.9 Å². The highest BCUT2D eigenvalue weighted by Gasteiger charge is 2.49. The molecule has 2 unspecified atom stereocenters. The molecule has 49 heavy (non-hydrogen) atoms. The van der Waals surface area contributed by atoms with Gasteiger partial charge in [0.2, 0.25) is 17.7 Å². The lowest BCUT2D eigenvalue weighted by Crippen LogP contribution is -2.70. The molecule has 4 aliphatic rings. The lowest BCUT2D eigenvalue weighted by Gasteiger charge is -2.45. The Morgan fingerprint density at radius 2 is 1.43 bits per heavy atom. The molecule has 16 heteroatoms. The minimum Gasteiger partial charge on any atom is -0.450 e. The van der Waals surface area contributed by atoms with Crippen molar-refractivity contribution in [2.24, 2.45) is 23.7 Å². The normalized spacial score (nSPS) is 34.5. The SMILES string of the molecule is CC(C)C[C@@H]1C(=O)N2CC(C)C[C@H]2C(=O)N[C@H](C(C)C)C(=O)O[C@@H](C(C)C)C(=O)N2NCC(Br)C[C@@H]2C(=O)N2NC[C@@H](O)C[C@H]2C(=O)N1C. The molecule has 0 aromatic heterocycles. The largest absolute Gasteiger partial charge is 0.450 e. The second-order valence-electron chi connectivity index (χ2n) is 15.2. The number of hydrogen-bond acceptors (Lipinski definition) is 10. The van der Waals surface area contributed by atoms with Crippen molar-refractivity contribution in [2.45, 2.75) is 121 Å². The van der Waals surface area contributed by atoms with Crippen LogP contribution in [0, 0.1) is 23.7 Å². The van der Waals surface area contributed by atoms with Crippen molar-refractivity contribution < 1.29 is 38.6 Å². The molecule has 5 amide bonds. The fourth-order valence-corrected chi connectivity index (χ4v) is 7.59. The van der Waals surface area contributed by atoms with Crippen molar-refractivity contribution in [1.82, 2.24) is 36.0 Å². The van der Waals surface area contributed by atoms with Crippen LogP contribution in [0.5, 0.6) is 0 Å². The maximum Gasteiger partial charge on any atom is 0.329 e. The number of hydrazine groups is 2. The van der Waals surface area contributed by atoms with Crippen LogP contribution in [0.15, 0.2) is 0 Å². The Morgan fingerprint density at radius 1 is 0.816 bits per heavy atom. The summed E-state index contributed by atoms with van der Waals surface area (Å²) in [6.45, 7) is 13.3. The van der Waals surface area contributed by atoms with E-state index in [0.29, 0.717) is 13.0 Å². The van der Waals surface area contributed by atoms with Crippen LogP contribution in [0.25, 0.3) is 0 Å². The minimum absolute atomic E-state index is 0.00922. The molecule has 0 aromatic carbocycles. The number of nitrogens with one attached hydrogen (secondary N) is 3. The molecular formula is C33H54BrN7O8. The number of nitrogens with zero attached hydrogens (tertiary/aromatic N) is 4. The Balaban J connectivity index is 1.84. The molecule has 0 radical (unpaired) electrons. The van der Waals surface area contributed by atoms with Gasteiger partial charge in [-0.1, -0.05) is 64.4 Å². The van der Waals surface area contributed by atoms with Crippen molar-refractivity contribution in [3.8, 4) is 0 Å². The van der Waals surface area contributed by atoms with Gasteiger partial charge >= 0.3 is 5.97 Å². The lowest BCUT2D eigenvalue weighted by atomic mass is 9.97. The number of β-amino-alcohol motifs (C(OH)–C–C–N with tert-alkyl or cyclic N) is 1. The number of hydrogen-bond donors (Lipinski definition) is 4. The predicted octanol–water partition coefficient (Wildman–Crippen LogP) is 0.154. The predicted molar refractivity (Wildman–Crippen MR) is 182 cm³/mol.